The van der Waals surface area contributed by atoms with E-state index in [4.69, 9.17) is 10.5 Å². The SMILES string of the molecule is CCOc1ccc(-n2cncc2-c2ccc(N)nc2)cn1. The molecule has 0 saturated carbocycles. The number of hydrogen-bond donors (Lipinski definition) is 1. The topological polar surface area (TPSA) is 78.9 Å². The van der Waals surface area contributed by atoms with E-state index in [2.05, 4.69) is 15.0 Å². The average Bonchev–Trinajstić information content (AvgIpc) is 2.99. The Hall–Kier alpha value is -2.89. The number of nitrogens with zero attached hydrogens (tertiary/aromatic N) is 4. The van der Waals surface area contributed by atoms with Crippen LogP contribution in [0.4, 0.5) is 5.82 Å². The number of rotatable bonds is 4. The van der Waals surface area contributed by atoms with Crippen LogP contribution in [0.2, 0.25) is 0 Å². The molecule has 0 aliphatic carbocycles. The number of nitrogen functional groups attached to an aromatic ring is 1. The molecule has 0 aliphatic rings. The number of aromatic nitrogens is 4. The van der Waals surface area contributed by atoms with E-state index < -0.39 is 0 Å². The van der Waals surface area contributed by atoms with Crippen molar-refractivity contribution in [2.24, 2.45) is 0 Å². The van der Waals surface area contributed by atoms with E-state index in [-0.39, 0.29) is 0 Å². The van der Waals surface area contributed by atoms with Crippen LogP contribution in [0.5, 0.6) is 5.88 Å². The van der Waals surface area contributed by atoms with Crippen LogP contribution in [0, 0.1) is 0 Å². The molecule has 3 rings (SSSR count). The Labute approximate surface area is 122 Å². The molecule has 3 aromatic rings. The fraction of sp³-hybridized carbons (Fsp3) is 0.133. The first-order chi connectivity index (χ1) is 10.3. The molecule has 0 aromatic carbocycles. The van der Waals surface area contributed by atoms with Crippen molar-refractivity contribution < 1.29 is 4.74 Å². The standard InChI is InChI=1S/C15H15N5O/c1-2-21-15-6-4-12(8-19-15)20-10-17-9-13(20)11-3-5-14(16)18-7-11/h3-10H,2H2,1H3,(H2,16,18). The lowest BCUT2D eigenvalue weighted by atomic mass is 10.2. The van der Waals surface area contributed by atoms with Crippen molar-refractivity contribution in [2.75, 3.05) is 12.3 Å². The van der Waals surface area contributed by atoms with Crippen LogP contribution in [0.3, 0.4) is 0 Å². The smallest absolute Gasteiger partial charge is 0.213 e. The van der Waals surface area contributed by atoms with E-state index in [0.29, 0.717) is 18.3 Å². The van der Waals surface area contributed by atoms with E-state index in [9.17, 15) is 0 Å². The summed E-state index contributed by atoms with van der Waals surface area (Å²) in [4.78, 5) is 12.6. The van der Waals surface area contributed by atoms with E-state index in [0.717, 1.165) is 16.9 Å². The molecule has 0 amide bonds. The quantitative estimate of drug-likeness (QED) is 0.794. The molecule has 0 saturated heterocycles. The van der Waals surface area contributed by atoms with Gasteiger partial charge >= 0.3 is 0 Å². The van der Waals surface area contributed by atoms with Crippen LogP contribution in [0.15, 0.2) is 49.2 Å². The zero-order chi connectivity index (χ0) is 14.7. The Morgan fingerprint density at radius 1 is 1.10 bits per heavy atom. The third kappa shape index (κ3) is 2.69. The van der Waals surface area contributed by atoms with Crippen molar-refractivity contribution in [1.82, 2.24) is 19.5 Å². The maximum absolute atomic E-state index is 5.62. The number of imidazole rings is 1. The number of anilines is 1. The molecule has 6 heteroatoms. The number of pyridine rings is 2. The van der Waals surface area contributed by atoms with Crippen molar-refractivity contribution in [3.8, 4) is 22.8 Å². The van der Waals surface area contributed by atoms with Gasteiger partial charge in [0.2, 0.25) is 5.88 Å². The molecule has 0 radical (unpaired) electrons. The van der Waals surface area contributed by atoms with Crippen LogP contribution >= 0.6 is 0 Å². The van der Waals surface area contributed by atoms with Gasteiger partial charge < -0.3 is 10.5 Å². The van der Waals surface area contributed by atoms with Gasteiger partial charge in [-0.2, -0.15) is 0 Å². The first-order valence-electron chi connectivity index (χ1n) is 6.61. The maximum atomic E-state index is 5.62. The van der Waals surface area contributed by atoms with Gasteiger partial charge in [0, 0.05) is 17.8 Å². The molecule has 3 heterocycles. The Balaban J connectivity index is 1.96. The summed E-state index contributed by atoms with van der Waals surface area (Å²) in [6.45, 7) is 2.53. The summed E-state index contributed by atoms with van der Waals surface area (Å²) >= 11 is 0. The molecule has 0 bridgehead atoms. The highest BCUT2D eigenvalue weighted by atomic mass is 16.5. The molecule has 0 fully saturated rings. The molecule has 2 N–H and O–H groups in total. The third-order valence-electron chi connectivity index (χ3n) is 3.01. The van der Waals surface area contributed by atoms with Gasteiger partial charge in [-0.3, -0.25) is 4.57 Å². The third-order valence-corrected chi connectivity index (χ3v) is 3.01. The maximum Gasteiger partial charge on any atom is 0.213 e. The van der Waals surface area contributed by atoms with Gasteiger partial charge in [0.1, 0.15) is 5.82 Å². The average molecular weight is 281 g/mol. The molecule has 0 spiro atoms. The van der Waals surface area contributed by atoms with Gasteiger partial charge in [-0.1, -0.05) is 0 Å². The summed E-state index contributed by atoms with van der Waals surface area (Å²) < 4.78 is 7.29. The monoisotopic (exact) mass is 281 g/mol. The zero-order valence-electron chi connectivity index (χ0n) is 11.6. The van der Waals surface area contributed by atoms with Crippen molar-refractivity contribution in [3.63, 3.8) is 0 Å². The normalized spacial score (nSPS) is 10.5. The second-order valence-electron chi connectivity index (χ2n) is 4.41. The lowest BCUT2D eigenvalue weighted by Gasteiger charge is -2.09. The fourth-order valence-electron chi connectivity index (χ4n) is 2.02. The van der Waals surface area contributed by atoms with Crippen LogP contribution in [-0.2, 0) is 0 Å². The number of nitrogens with two attached hydrogens (primary N) is 1. The summed E-state index contributed by atoms with van der Waals surface area (Å²) in [5.41, 5.74) is 8.39. The summed E-state index contributed by atoms with van der Waals surface area (Å²) in [5, 5.41) is 0. The van der Waals surface area contributed by atoms with E-state index in [1.165, 1.54) is 0 Å². The van der Waals surface area contributed by atoms with E-state index in [1.54, 1.807) is 31.0 Å². The van der Waals surface area contributed by atoms with Crippen LogP contribution < -0.4 is 10.5 Å². The highest BCUT2D eigenvalue weighted by Gasteiger charge is 2.08. The minimum absolute atomic E-state index is 0.493. The Morgan fingerprint density at radius 3 is 2.67 bits per heavy atom. The van der Waals surface area contributed by atoms with Crippen LogP contribution in [0.25, 0.3) is 16.9 Å². The van der Waals surface area contributed by atoms with Gasteiger partial charge in [-0.15, -0.1) is 0 Å². The van der Waals surface area contributed by atoms with E-state index in [1.807, 2.05) is 29.7 Å². The summed E-state index contributed by atoms with van der Waals surface area (Å²) in [6, 6.07) is 7.46. The van der Waals surface area contributed by atoms with Crippen molar-refractivity contribution in [3.05, 3.63) is 49.2 Å². The Kier molecular flexibility index (Phi) is 3.51. The molecule has 106 valence electrons. The lowest BCUT2D eigenvalue weighted by Crippen LogP contribution is -1.99. The van der Waals surface area contributed by atoms with Gasteiger partial charge in [-0.05, 0) is 25.1 Å². The van der Waals surface area contributed by atoms with Gasteiger partial charge in [-0.25, -0.2) is 15.0 Å². The molecular formula is C15H15N5O. The second kappa shape index (κ2) is 5.62. The molecule has 6 nitrogen and oxygen atoms in total. The van der Waals surface area contributed by atoms with Crippen molar-refractivity contribution >= 4 is 5.82 Å². The predicted molar refractivity (Wildman–Crippen MR) is 80.2 cm³/mol. The zero-order valence-corrected chi connectivity index (χ0v) is 11.6. The van der Waals surface area contributed by atoms with Crippen LogP contribution in [0.1, 0.15) is 6.92 Å². The molecular weight excluding hydrogens is 266 g/mol. The molecule has 21 heavy (non-hydrogen) atoms. The fourth-order valence-corrected chi connectivity index (χ4v) is 2.02. The largest absolute Gasteiger partial charge is 0.478 e. The van der Waals surface area contributed by atoms with Crippen molar-refractivity contribution in [1.29, 1.82) is 0 Å². The number of ether oxygens (including phenoxy) is 1. The minimum atomic E-state index is 0.493. The Morgan fingerprint density at radius 2 is 2.00 bits per heavy atom. The van der Waals surface area contributed by atoms with Crippen molar-refractivity contribution in [2.45, 2.75) is 6.92 Å². The second-order valence-corrected chi connectivity index (χ2v) is 4.41. The highest BCUT2D eigenvalue weighted by Crippen LogP contribution is 2.22. The summed E-state index contributed by atoms with van der Waals surface area (Å²) in [5.74, 6) is 1.10. The molecule has 0 atom stereocenters. The Bertz CT molecular complexity index is 719. The summed E-state index contributed by atoms with van der Waals surface area (Å²) in [7, 11) is 0. The molecule has 3 aromatic heterocycles. The molecule has 0 aliphatic heterocycles. The van der Waals surface area contributed by atoms with Crippen LogP contribution in [-0.4, -0.2) is 26.1 Å². The van der Waals surface area contributed by atoms with Gasteiger partial charge in [0.25, 0.3) is 0 Å². The number of hydrogen-bond acceptors (Lipinski definition) is 5. The van der Waals surface area contributed by atoms with Gasteiger partial charge in [0.05, 0.1) is 36.7 Å². The van der Waals surface area contributed by atoms with Gasteiger partial charge in [0.15, 0.2) is 0 Å². The predicted octanol–water partition coefficient (Wildman–Crippen LogP) is 2.31. The first kappa shape index (κ1) is 13.1. The first-order valence-corrected chi connectivity index (χ1v) is 6.61. The lowest BCUT2D eigenvalue weighted by molar-refractivity contribution is 0.327. The minimum Gasteiger partial charge on any atom is -0.478 e. The molecule has 0 unspecified atom stereocenters. The summed E-state index contributed by atoms with van der Waals surface area (Å²) in [6.07, 6.45) is 7.00. The highest BCUT2D eigenvalue weighted by molar-refractivity contribution is 5.61. The van der Waals surface area contributed by atoms with E-state index >= 15 is 0 Å².